The van der Waals surface area contributed by atoms with Crippen molar-refractivity contribution in [3.05, 3.63) is 27.7 Å². The second kappa shape index (κ2) is 9.57. The van der Waals surface area contributed by atoms with E-state index in [4.69, 9.17) is 4.74 Å². The van der Waals surface area contributed by atoms with Gasteiger partial charge in [0.25, 0.3) is 5.91 Å². The van der Waals surface area contributed by atoms with E-state index in [1.54, 1.807) is 6.92 Å². The third-order valence-corrected chi connectivity index (χ3v) is 6.68. The zero-order chi connectivity index (χ0) is 21.0. The first-order valence-corrected chi connectivity index (χ1v) is 11.3. The number of carbonyl (C=O) groups excluding carboxylic acids is 3. The molecule has 0 spiro atoms. The third-order valence-electron chi connectivity index (χ3n) is 5.56. The first-order valence-electron chi connectivity index (χ1n) is 10.4. The second-order valence-electron chi connectivity index (χ2n) is 7.95. The molecular formula is C22H30N2O4S. The maximum atomic E-state index is 12.7. The van der Waals surface area contributed by atoms with Gasteiger partial charge in [0, 0.05) is 17.3 Å². The summed E-state index contributed by atoms with van der Waals surface area (Å²) in [5.74, 6) is -0.882. The van der Waals surface area contributed by atoms with Crippen LogP contribution in [0.2, 0.25) is 0 Å². The summed E-state index contributed by atoms with van der Waals surface area (Å²) in [6.45, 7) is 5.85. The zero-order valence-corrected chi connectivity index (χ0v) is 18.2. The van der Waals surface area contributed by atoms with Crippen molar-refractivity contribution in [2.24, 2.45) is 5.92 Å². The smallest absolute Gasteiger partial charge is 0.342 e. The Kier molecular flexibility index (Phi) is 7.11. The van der Waals surface area contributed by atoms with Gasteiger partial charge in [-0.25, -0.2) is 4.79 Å². The van der Waals surface area contributed by atoms with Gasteiger partial charge in [-0.15, -0.1) is 11.3 Å². The molecule has 0 aromatic carbocycles. The molecule has 0 radical (unpaired) electrons. The number of carbonyl (C=O) groups is 3. The molecule has 1 heterocycles. The van der Waals surface area contributed by atoms with Gasteiger partial charge in [-0.3, -0.25) is 9.59 Å². The van der Waals surface area contributed by atoms with Crippen LogP contribution in [0.15, 0.2) is 11.6 Å². The van der Waals surface area contributed by atoms with Crippen molar-refractivity contribution in [3.63, 3.8) is 0 Å². The molecule has 0 saturated heterocycles. The van der Waals surface area contributed by atoms with Gasteiger partial charge >= 0.3 is 5.97 Å². The normalized spacial score (nSPS) is 17.3. The van der Waals surface area contributed by atoms with Crippen LogP contribution in [0.5, 0.6) is 0 Å². The number of hydrogen-bond donors (Lipinski definition) is 2. The van der Waals surface area contributed by atoms with Crippen LogP contribution >= 0.6 is 11.3 Å². The Morgan fingerprint density at radius 3 is 2.66 bits per heavy atom. The van der Waals surface area contributed by atoms with Crippen molar-refractivity contribution >= 4 is 34.1 Å². The summed E-state index contributed by atoms with van der Waals surface area (Å²) in [5.41, 5.74) is 2.53. The SMILES string of the molecule is Cc1sc(NC(=O)C2CC2)c(C(=O)O[C@H](C)C(=O)NCCC2=CCCCC2)c1C. The Labute approximate surface area is 176 Å². The van der Waals surface area contributed by atoms with Crippen molar-refractivity contribution < 1.29 is 19.1 Å². The van der Waals surface area contributed by atoms with Gasteiger partial charge in [-0.2, -0.15) is 0 Å². The number of ether oxygens (including phenoxy) is 1. The minimum absolute atomic E-state index is 0.0468. The molecule has 1 aromatic rings. The number of hydrogen-bond acceptors (Lipinski definition) is 5. The van der Waals surface area contributed by atoms with Crippen molar-refractivity contribution in [1.82, 2.24) is 5.32 Å². The highest BCUT2D eigenvalue weighted by Gasteiger charge is 2.32. The Bertz CT molecular complexity index is 823. The fraction of sp³-hybridized carbons (Fsp3) is 0.591. The molecule has 2 amide bonds. The molecule has 6 nitrogen and oxygen atoms in total. The average Bonchev–Trinajstić information content (AvgIpc) is 3.50. The highest BCUT2D eigenvalue weighted by molar-refractivity contribution is 7.16. The quantitative estimate of drug-likeness (QED) is 0.488. The first kappa shape index (κ1) is 21.6. The molecule has 0 bridgehead atoms. The summed E-state index contributed by atoms with van der Waals surface area (Å²) in [6.07, 6.45) is 8.68. The molecule has 3 rings (SSSR count). The van der Waals surface area contributed by atoms with Gasteiger partial charge in [0.05, 0.1) is 5.56 Å². The predicted molar refractivity (Wildman–Crippen MR) is 114 cm³/mol. The number of nitrogens with one attached hydrogen (secondary N) is 2. The molecule has 7 heteroatoms. The lowest BCUT2D eigenvalue weighted by Gasteiger charge is -2.16. The molecule has 0 unspecified atom stereocenters. The van der Waals surface area contributed by atoms with E-state index in [-0.39, 0.29) is 17.7 Å². The maximum absolute atomic E-state index is 12.7. The van der Waals surface area contributed by atoms with Gasteiger partial charge in [0.1, 0.15) is 5.00 Å². The number of thiophene rings is 1. The molecule has 1 aromatic heterocycles. The van der Waals surface area contributed by atoms with Crippen molar-refractivity contribution in [1.29, 1.82) is 0 Å². The molecule has 158 valence electrons. The highest BCUT2D eigenvalue weighted by atomic mass is 32.1. The molecule has 2 N–H and O–H groups in total. The van der Waals surface area contributed by atoms with E-state index >= 15 is 0 Å². The van der Waals surface area contributed by atoms with Crippen molar-refractivity contribution in [2.45, 2.75) is 71.8 Å². The maximum Gasteiger partial charge on any atom is 0.342 e. The molecule has 1 saturated carbocycles. The zero-order valence-electron chi connectivity index (χ0n) is 17.4. The van der Waals surface area contributed by atoms with E-state index in [0.29, 0.717) is 17.1 Å². The van der Waals surface area contributed by atoms with Crippen molar-refractivity contribution in [3.8, 4) is 0 Å². The molecule has 2 aliphatic rings. The molecule has 29 heavy (non-hydrogen) atoms. The van der Waals surface area contributed by atoms with E-state index in [1.807, 2.05) is 13.8 Å². The summed E-state index contributed by atoms with van der Waals surface area (Å²) < 4.78 is 5.42. The molecule has 1 fully saturated rings. The summed E-state index contributed by atoms with van der Waals surface area (Å²) in [6, 6.07) is 0. The van der Waals surface area contributed by atoms with E-state index in [2.05, 4.69) is 16.7 Å². The number of esters is 1. The Balaban J connectivity index is 1.55. The monoisotopic (exact) mass is 418 g/mol. The summed E-state index contributed by atoms with van der Waals surface area (Å²) in [7, 11) is 0. The van der Waals surface area contributed by atoms with Gasteiger partial charge < -0.3 is 15.4 Å². The van der Waals surface area contributed by atoms with Gasteiger partial charge in [-0.05, 0) is 71.3 Å². The van der Waals surface area contributed by atoms with E-state index in [9.17, 15) is 14.4 Å². The fourth-order valence-electron chi connectivity index (χ4n) is 3.41. The summed E-state index contributed by atoms with van der Waals surface area (Å²) in [4.78, 5) is 38.1. The van der Waals surface area contributed by atoms with E-state index in [1.165, 1.54) is 29.8 Å². The van der Waals surface area contributed by atoms with E-state index < -0.39 is 12.1 Å². The third kappa shape index (κ3) is 5.69. The molecule has 1 atom stereocenters. The highest BCUT2D eigenvalue weighted by Crippen LogP contribution is 2.36. The second-order valence-corrected chi connectivity index (χ2v) is 9.17. The fourth-order valence-corrected chi connectivity index (χ4v) is 4.47. The number of allylic oxidation sites excluding steroid dienone is 1. The molecule has 2 aliphatic carbocycles. The van der Waals surface area contributed by atoms with Crippen LogP contribution in [0.4, 0.5) is 5.00 Å². The Morgan fingerprint density at radius 2 is 2.00 bits per heavy atom. The Morgan fingerprint density at radius 1 is 1.24 bits per heavy atom. The van der Waals surface area contributed by atoms with Crippen LogP contribution in [0.25, 0.3) is 0 Å². The lowest BCUT2D eigenvalue weighted by molar-refractivity contribution is -0.129. The van der Waals surface area contributed by atoms with Crippen LogP contribution in [0, 0.1) is 19.8 Å². The van der Waals surface area contributed by atoms with Crippen LogP contribution in [0.3, 0.4) is 0 Å². The largest absolute Gasteiger partial charge is 0.449 e. The molecular weight excluding hydrogens is 388 g/mol. The van der Waals surface area contributed by atoms with E-state index in [0.717, 1.165) is 42.5 Å². The number of aryl methyl sites for hydroxylation is 1. The molecule has 0 aliphatic heterocycles. The van der Waals surface area contributed by atoms with Crippen LogP contribution in [-0.2, 0) is 14.3 Å². The summed E-state index contributed by atoms with van der Waals surface area (Å²) >= 11 is 1.37. The van der Waals surface area contributed by atoms with Gasteiger partial charge in [-0.1, -0.05) is 11.6 Å². The predicted octanol–water partition coefficient (Wildman–Crippen LogP) is 4.27. The minimum Gasteiger partial charge on any atom is -0.449 e. The van der Waals surface area contributed by atoms with Gasteiger partial charge in [0.2, 0.25) is 5.91 Å². The van der Waals surface area contributed by atoms with Crippen LogP contribution < -0.4 is 10.6 Å². The lowest BCUT2D eigenvalue weighted by atomic mass is 9.97. The minimum atomic E-state index is -0.894. The first-order chi connectivity index (χ1) is 13.9. The Hall–Kier alpha value is -2.15. The number of amides is 2. The van der Waals surface area contributed by atoms with Crippen LogP contribution in [0.1, 0.15) is 72.7 Å². The topological polar surface area (TPSA) is 84.5 Å². The standard InChI is InChI=1S/C22H30N2O4S/c1-13-15(3)29-21(24-20(26)17-9-10-17)18(13)22(27)28-14(2)19(25)23-12-11-16-7-5-4-6-8-16/h7,14,17H,4-6,8-12H2,1-3H3,(H,23,25)(H,24,26)/t14-/m1/s1. The number of anilines is 1. The average molecular weight is 419 g/mol. The number of rotatable bonds is 8. The summed E-state index contributed by atoms with van der Waals surface area (Å²) in [5, 5.41) is 6.23. The van der Waals surface area contributed by atoms with Gasteiger partial charge in [0.15, 0.2) is 6.10 Å². The van der Waals surface area contributed by atoms with Crippen molar-refractivity contribution in [2.75, 3.05) is 11.9 Å². The van der Waals surface area contributed by atoms with Crippen LogP contribution in [-0.4, -0.2) is 30.4 Å². The lowest BCUT2D eigenvalue weighted by Crippen LogP contribution is -2.36.